The normalized spacial score (nSPS) is 11.6. The third-order valence-corrected chi connectivity index (χ3v) is 8.77. The van der Waals surface area contributed by atoms with E-state index in [1.54, 1.807) is 48.5 Å². The van der Waals surface area contributed by atoms with Gasteiger partial charge in [0.1, 0.15) is 0 Å². The minimum atomic E-state index is -3.65. The molecular weight excluding hydrogens is 530 g/mol. The number of benzene rings is 3. The molecule has 1 aromatic heterocycles. The Kier molecular flexibility index (Phi) is 8.65. The Bertz CT molecular complexity index is 1470. The van der Waals surface area contributed by atoms with Crippen LogP contribution < -0.4 is 5.32 Å². The third kappa shape index (κ3) is 6.22. The van der Waals surface area contributed by atoms with Gasteiger partial charge in [-0.25, -0.2) is 8.42 Å². The highest BCUT2D eigenvalue weighted by molar-refractivity contribution is 7.99. The lowest BCUT2D eigenvalue weighted by molar-refractivity contribution is -0.113. The van der Waals surface area contributed by atoms with Gasteiger partial charge in [-0.3, -0.25) is 9.36 Å². The Morgan fingerprint density at radius 1 is 0.973 bits per heavy atom. The van der Waals surface area contributed by atoms with Crippen molar-refractivity contribution in [1.82, 2.24) is 19.1 Å². The monoisotopic (exact) mass is 555 g/mol. The van der Waals surface area contributed by atoms with Crippen molar-refractivity contribution in [2.45, 2.75) is 23.9 Å². The van der Waals surface area contributed by atoms with Crippen LogP contribution in [0.3, 0.4) is 0 Å². The highest BCUT2D eigenvalue weighted by atomic mass is 35.5. The molecule has 0 saturated heterocycles. The summed E-state index contributed by atoms with van der Waals surface area (Å²) in [6.07, 6.45) is 0. The summed E-state index contributed by atoms with van der Waals surface area (Å²) >= 11 is 7.15. The van der Waals surface area contributed by atoms with Crippen molar-refractivity contribution in [3.63, 3.8) is 0 Å². The van der Waals surface area contributed by atoms with Crippen LogP contribution in [0.25, 0.3) is 17.1 Å². The Hall–Kier alpha value is -3.18. The number of sulfonamides is 1. The van der Waals surface area contributed by atoms with Gasteiger partial charge in [-0.2, -0.15) is 4.31 Å². The molecule has 3 aromatic carbocycles. The first kappa shape index (κ1) is 26.9. The van der Waals surface area contributed by atoms with Gasteiger partial charge in [-0.1, -0.05) is 67.5 Å². The van der Waals surface area contributed by atoms with E-state index in [1.807, 2.05) is 48.7 Å². The number of halogens is 1. The Morgan fingerprint density at radius 2 is 1.68 bits per heavy atom. The van der Waals surface area contributed by atoms with Crippen LogP contribution in [0.15, 0.2) is 88.9 Å². The molecule has 0 atom stereocenters. The topological polar surface area (TPSA) is 97.2 Å². The molecule has 1 heterocycles. The summed E-state index contributed by atoms with van der Waals surface area (Å²) < 4.78 is 29.5. The van der Waals surface area contributed by atoms with E-state index in [-0.39, 0.29) is 16.6 Å². The van der Waals surface area contributed by atoms with Gasteiger partial charge in [0.05, 0.1) is 10.6 Å². The maximum absolute atomic E-state index is 13.1. The maximum atomic E-state index is 13.1. The Labute approximate surface area is 225 Å². The van der Waals surface area contributed by atoms with Crippen molar-refractivity contribution in [2.24, 2.45) is 0 Å². The van der Waals surface area contributed by atoms with Crippen LogP contribution in [0.4, 0.5) is 5.69 Å². The average Bonchev–Trinajstić information content (AvgIpc) is 3.34. The first-order valence-corrected chi connectivity index (χ1v) is 14.4. The third-order valence-electron chi connectivity index (χ3n) is 5.54. The van der Waals surface area contributed by atoms with Crippen LogP contribution >= 0.6 is 23.4 Å². The summed E-state index contributed by atoms with van der Waals surface area (Å²) in [5.74, 6) is 0.372. The summed E-state index contributed by atoms with van der Waals surface area (Å²) in [5.41, 5.74) is 2.04. The van der Waals surface area contributed by atoms with Gasteiger partial charge in [0.25, 0.3) is 0 Å². The van der Waals surface area contributed by atoms with Gasteiger partial charge >= 0.3 is 0 Å². The van der Waals surface area contributed by atoms with Crippen molar-refractivity contribution in [1.29, 1.82) is 0 Å². The second-order valence-corrected chi connectivity index (χ2v) is 11.3. The molecule has 4 aromatic rings. The molecule has 1 N–H and O–H groups in total. The lowest BCUT2D eigenvalue weighted by Crippen LogP contribution is -2.30. The van der Waals surface area contributed by atoms with Gasteiger partial charge in [0.15, 0.2) is 11.0 Å². The molecule has 1 amide bonds. The summed E-state index contributed by atoms with van der Waals surface area (Å²) in [6, 6.07) is 23.0. The van der Waals surface area contributed by atoms with E-state index in [9.17, 15) is 13.2 Å². The number of carbonyl (C=O) groups excluding carboxylic acids is 1. The number of aromatic nitrogens is 3. The molecule has 0 fully saturated rings. The highest BCUT2D eigenvalue weighted by Gasteiger charge is 2.24. The van der Waals surface area contributed by atoms with Crippen molar-refractivity contribution < 1.29 is 13.2 Å². The molecule has 0 radical (unpaired) electrons. The lowest BCUT2D eigenvalue weighted by Gasteiger charge is -2.19. The highest BCUT2D eigenvalue weighted by Crippen LogP contribution is 2.30. The van der Waals surface area contributed by atoms with Gasteiger partial charge in [-0.05, 0) is 48.5 Å². The second-order valence-electron chi connectivity index (χ2n) is 7.94. The molecule has 0 aliphatic heterocycles. The van der Waals surface area contributed by atoms with Crippen LogP contribution in [0.1, 0.15) is 13.8 Å². The minimum Gasteiger partial charge on any atom is -0.325 e. The molecule has 0 aliphatic rings. The fourth-order valence-corrected chi connectivity index (χ4v) is 6.11. The van der Waals surface area contributed by atoms with Gasteiger partial charge in [0, 0.05) is 35.1 Å². The molecule has 0 bridgehead atoms. The largest absolute Gasteiger partial charge is 0.325 e. The van der Waals surface area contributed by atoms with E-state index < -0.39 is 10.0 Å². The molecule has 0 aliphatic carbocycles. The molecular formula is C26H26ClN5O3S2. The number of carbonyl (C=O) groups is 1. The predicted octanol–water partition coefficient (Wildman–Crippen LogP) is 5.35. The smallest absolute Gasteiger partial charge is 0.243 e. The van der Waals surface area contributed by atoms with E-state index in [0.29, 0.717) is 40.3 Å². The number of nitrogens with one attached hydrogen (secondary N) is 1. The minimum absolute atomic E-state index is 0.101. The zero-order chi connectivity index (χ0) is 26.4. The fraction of sp³-hybridized carbons (Fsp3) is 0.192. The number of rotatable bonds is 10. The average molecular weight is 556 g/mol. The zero-order valence-corrected chi connectivity index (χ0v) is 22.7. The fourth-order valence-electron chi connectivity index (χ4n) is 3.73. The number of anilines is 1. The molecule has 0 saturated carbocycles. The number of hydrogen-bond donors (Lipinski definition) is 1. The molecule has 192 valence electrons. The summed E-state index contributed by atoms with van der Waals surface area (Å²) in [4.78, 5) is 12.8. The van der Waals surface area contributed by atoms with Crippen LogP contribution in [-0.2, 0) is 14.8 Å². The molecule has 37 heavy (non-hydrogen) atoms. The number of nitrogens with zero attached hydrogens (tertiary/aromatic N) is 4. The van der Waals surface area contributed by atoms with Crippen molar-refractivity contribution in [2.75, 3.05) is 24.2 Å². The SMILES string of the molecule is CCN(CC)S(=O)(=O)c1cccc(-c2nnc(SCC(=O)Nc3ccc(Cl)cc3)n2-c2ccccc2)c1. The Morgan fingerprint density at radius 3 is 2.35 bits per heavy atom. The van der Waals surface area contributed by atoms with Crippen LogP contribution in [-0.4, -0.2) is 52.2 Å². The van der Waals surface area contributed by atoms with E-state index in [0.717, 1.165) is 5.69 Å². The summed E-state index contributed by atoms with van der Waals surface area (Å²) in [6.45, 7) is 4.37. The van der Waals surface area contributed by atoms with E-state index >= 15 is 0 Å². The molecule has 0 unspecified atom stereocenters. The first-order valence-electron chi connectivity index (χ1n) is 11.6. The molecule has 0 spiro atoms. The number of amides is 1. The second kappa shape index (κ2) is 11.9. The number of hydrogen-bond acceptors (Lipinski definition) is 6. The van der Waals surface area contributed by atoms with Crippen LogP contribution in [0, 0.1) is 0 Å². The summed E-state index contributed by atoms with van der Waals surface area (Å²) in [5, 5.41) is 12.6. The van der Waals surface area contributed by atoms with Gasteiger partial charge in [0.2, 0.25) is 15.9 Å². The van der Waals surface area contributed by atoms with Crippen molar-refractivity contribution >= 4 is 45.0 Å². The zero-order valence-electron chi connectivity index (χ0n) is 20.3. The van der Waals surface area contributed by atoms with Gasteiger partial charge < -0.3 is 5.32 Å². The van der Waals surface area contributed by atoms with E-state index in [2.05, 4.69) is 15.5 Å². The van der Waals surface area contributed by atoms with E-state index in [4.69, 9.17) is 11.6 Å². The molecule has 8 nitrogen and oxygen atoms in total. The summed E-state index contributed by atoms with van der Waals surface area (Å²) in [7, 11) is -3.65. The van der Waals surface area contributed by atoms with Crippen molar-refractivity contribution in [3.05, 3.63) is 83.9 Å². The van der Waals surface area contributed by atoms with E-state index in [1.165, 1.54) is 16.1 Å². The predicted molar refractivity (Wildman–Crippen MR) is 148 cm³/mol. The molecule has 11 heteroatoms. The standard InChI is InChI=1S/C26H26ClN5O3S2/c1-3-31(4-2)37(34,35)23-12-8-9-19(17-23)25-29-30-26(32(25)22-10-6-5-7-11-22)36-18-24(33)28-21-15-13-20(27)14-16-21/h5-17H,3-4,18H2,1-2H3,(H,28,33). The number of thioether (sulfide) groups is 1. The lowest BCUT2D eigenvalue weighted by atomic mass is 10.2. The van der Waals surface area contributed by atoms with Gasteiger partial charge in [-0.15, -0.1) is 10.2 Å². The van der Waals surface area contributed by atoms with Crippen LogP contribution in [0.5, 0.6) is 0 Å². The first-order chi connectivity index (χ1) is 17.8. The van der Waals surface area contributed by atoms with Crippen LogP contribution in [0.2, 0.25) is 5.02 Å². The molecule has 4 rings (SSSR count). The number of para-hydroxylation sites is 1. The Balaban J connectivity index is 1.65. The van der Waals surface area contributed by atoms with Crippen molar-refractivity contribution in [3.8, 4) is 17.1 Å². The maximum Gasteiger partial charge on any atom is 0.243 e. The quantitative estimate of drug-likeness (QED) is 0.265.